The third kappa shape index (κ3) is 3.09. The molecule has 4 heteroatoms. The fraction of sp³-hybridized carbons (Fsp3) is 0.385. The van der Waals surface area contributed by atoms with Crippen molar-refractivity contribution in [2.75, 3.05) is 0 Å². The first kappa shape index (κ1) is 12.2. The van der Waals surface area contributed by atoms with Gasteiger partial charge < -0.3 is 4.42 Å². The van der Waals surface area contributed by atoms with Crippen molar-refractivity contribution in [2.45, 2.75) is 37.3 Å². The molecule has 0 saturated carbocycles. The molecular formula is C13H16N2OS. The Morgan fingerprint density at radius 1 is 1.24 bits per heavy atom. The van der Waals surface area contributed by atoms with Crippen LogP contribution in [-0.4, -0.2) is 10.2 Å². The number of hydrogen-bond acceptors (Lipinski definition) is 4. The second-order valence-corrected chi connectivity index (χ2v) is 5.37. The van der Waals surface area contributed by atoms with Gasteiger partial charge in [-0.2, -0.15) is 0 Å². The third-order valence-corrected chi connectivity index (χ3v) is 3.57. The summed E-state index contributed by atoms with van der Waals surface area (Å²) in [6.45, 7) is 6.18. The summed E-state index contributed by atoms with van der Waals surface area (Å²) >= 11 is 1.73. The third-order valence-electron chi connectivity index (χ3n) is 2.47. The van der Waals surface area contributed by atoms with Crippen molar-refractivity contribution in [3.05, 3.63) is 41.6 Å². The van der Waals surface area contributed by atoms with Gasteiger partial charge in [0.25, 0.3) is 0 Å². The molecule has 0 aliphatic rings. The smallest absolute Gasteiger partial charge is 0.229 e. The Hall–Kier alpha value is -1.29. The highest BCUT2D eigenvalue weighted by molar-refractivity contribution is 7.99. The van der Waals surface area contributed by atoms with E-state index in [1.54, 1.807) is 11.8 Å². The highest BCUT2D eigenvalue weighted by atomic mass is 32.2. The summed E-state index contributed by atoms with van der Waals surface area (Å²) in [6, 6.07) is 8.46. The fourth-order valence-electron chi connectivity index (χ4n) is 1.45. The van der Waals surface area contributed by atoms with Crippen LogP contribution in [0, 0.1) is 6.92 Å². The molecule has 0 N–H and O–H groups in total. The largest absolute Gasteiger partial charge is 0.424 e. The van der Waals surface area contributed by atoms with Crippen LogP contribution >= 0.6 is 11.8 Å². The minimum atomic E-state index is 0.186. The molecule has 1 aromatic carbocycles. The maximum Gasteiger partial charge on any atom is 0.229 e. The molecule has 0 aliphatic heterocycles. The lowest BCUT2D eigenvalue weighted by Crippen LogP contribution is -1.88. The minimum absolute atomic E-state index is 0.186. The molecule has 3 nitrogen and oxygen atoms in total. The van der Waals surface area contributed by atoms with E-state index < -0.39 is 0 Å². The Bertz CT molecular complexity index is 478. The highest BCUT2D eigenvalue weighted by Crippen LogP contribution is 2.33. The molecule has 0 fully saturated rings. The molecule has 90 valence electrons. The van der Waals surface area contributed by atoms with E-state index in [2.05, 4.69) is 48.3 Å². The maximum atomic E-state index is 5.55. The first-order chi connectivity index (χ1) is 8.19. The Kier molecular flexibility index (Phi) is 3.84. The van der Waals surface area contributed by atoms with Gasteiger partial charge in [-0.25, -0.2) is 0 Å². The van der Waals surface area contributed by atoms with Gasteiger partial charge in [-0.3, -0.25) is 0 Å². The van der Waals surface area contributed by atoms with Crippen LogP contribution in [0.3, 0.4) is 0 Å². The molecule has 2 rings (SSSR count). The fourth-order valence-corrected chi connectivity index (χ4v) is 2.34. The van der Waals surface area contributed by atoms with Gasteiger partial charge in [0, 0.05) is 11.3 Å². The van der Waals surface area contributed by atoms with E-state index in [0.29, 0.717) is 11.8 Å². The predicted molar refractivity (Wildman–Crippen MR) is 69.1 cm³/mol. The van der Waals surface area contributed by atoms with Gasteiger partial charge >= 0.3 is 0 Å². The summed E-state index contributed by atoms with van der Waals surface area (Å²) in [4.78, 5) is 1.22. The van der Waals surface area contributed by atoms with Crippen molar-refractivity contribution in [2.24, 2.45) is 0 Å². The van der Waals surface area contributed by atoms with E-state index in [-0.39, 0.29) is 5.25 Å². The van der Waals surface area contributed by atoms with Crippen molar-refractivity contribution >= 4 is 11.8 Å². The van der Waals surface area contributed by atoms with Crippen LogP contribution in [-0.2, 0) is 6.42 Å². The quantitative estimate of drug-likeness (QED) is 0.772. The lowest BCUT2D eigenvalue weighted by atomic mass is 10.2. The van der Waals surface area contributed by atoms with Crippen molar-refractivity contribution in [1.29, 1.82) is 0 Å². The zero-order valence-electron chi connectivity index (χ0n) is 10.3. The monoisotopic (exact) mass is 248 g/mol. The normalized spacial score (nSPS) is 12.6. The summed E-state index contributed by atoms with van der Waals surface area (Å²) in [5.41, 5.74) is 1.27. The van der Waals surface area contributed by atoms with Crippen LogP contribution in [0.2, 0.25) is 0 Å². The standard InChI is InChI=1S/C13H16N2OS/c1-4-12-14-15-13(16-12)10(3)17-11-7-5-9(2)6-8-11/h5-8,10H,4H2,1-3H3/t10-/m0/s1. The number of aryl methyl sites for hydroxylation is 2. The van der Waals surface area contributed by atoms with Crippen LogP contribution in [0.15, 0.2) is 33.6 Å². The molecule has 0 amide bonds. The second-order valence-electron chi connectivity index (χ2n) is 3.96. The van der Waals surface area contributed by atoms with Crippen LogP contribution in [0.25, 0.3) is 0 Å². The second kappa shape index (κ2) is 5.36. The number of rotatable bonds is 4. The Morgan fingerprint density at radius 2 is 1.94 bits per heavy atom. The van der Waals surface area contributed by atoms with Crippen LogP contribution < -0.4 is 0 Å². The van der Waals surface area contributed by atoms with E-state index in [1.807, 2.05) is 6.92 Å². The van der Waals surface area contributed by atoms with Gasteiger partial charge in [-0.15, -0.1) is 22.0 Å². The summed E-state index contributed by atoms with van der Waals surface area (Å²) in [5, 5.41) is 8.23. The first-order valence-electron chi connectivity index (χ1n) is 5.74. The van der Waals surface area contributed by atoms with Crippen molar-refractivity contribution in [3.63, 3.8) is 0 Å². The molecule has 1 aromatic heterocycles. The Morgan fingerprint density at radius 3 is 2.53 bits per heavy atom. The molecule has 0 spiro atoms. The van der Waals surface area contributed by atoms with E-state index in [4.69, 9.17) is 4.42 Å². The van der Waals surface area contributed by atoms with Gasteiger partial charge in [-0.05, 0) is 26.0 Å². The Labute approximate surface area is 106 Å². The van der Waals surface area contributed by atoms with Gasteiger partial charge in [0.1, 0.15) is 0 Å². The molecular weight excluding hydrogens is 232 g/mol. The molecule has 1 atom stereocenters. The topological polar surface area (TPSA) is 38.9 Å². The van der Waals surface area contributed by atoms with E-state index >= 15 is 0 Å². The number of nitrogens with zero attached hydrogens (tertiary/aromatic N) is 2. The van der Waals surface area contributed by atoms with Crippen molar-refractivity contribution < 1.29 is 4.42 Å². The van der Waals surface area contributed by atoms with E-state index in [0.717, 1.165) is 6.42 Å². The van der Waals surface area contributed by atoms with E-state index in [1.165, 1.54) is 10.5 Å². The first-order valence-corrected chi connectivity index (χ1v) is 6.62. The zero-order chi connectivity index (χ0) is 12.3. The van der Waals surface area contributed by atoms with Crippen molar-refractivity contribution in [3.8, 4) is 0 Å². The van der Waals surface area contributed by atoms with Gasteiger partial charge in [0.2, 0.25) is 11.8 Å². The van der Waals surface area contributed by atoms with Crippen LogP contribution in [0.1, 0.15) is 36.4 Å². The summed E-state index contributed by atoms with van der Waals surface area (Å²) in [5.74, 6) is 1.41. The molecule has 1 heterocycles. The summed E-state index contributed by atoms with van der Waals surface area (Å²) in [7, 11) is 0. The SMILES string of the molecule is CCc1nnc([C@H](C)Sc2ccc(C)cc2)o1. The number of thioether (sulfide) groups is 1. The molecule has 0 aliphatic carbocycles. The molecule has 0 bridgehead atoms. The maximum absolute atomic E-state index is 5.55. The molecule has 0 saturated heterocycles. The number of hydrogen-bond donors (Lipinski definition) is 0. The number of benzene rings is 1. The molecule has 17 heavy (non-hydrogen) atoms. The lowest BCUT2D eigenvalue weighted by Gasteiger charge is -2.06. The van der Waals surface area contributed by atoms with Gasteiger partial charge in [0.05, 0.1) is 5.25 Å². The van der Waals surface area contributed by atoms with E-state index in [9.17, 15) is 0 Å². The predicted octanol–water partition coefficient (Wildman–Crippen LogP) is 3.79. The minimum Gasteiger partial charge on any atom is -0.424 e. The molecule has 2 aromatic rings. The van der Waals surface area contributed by atoms with Gasteiger partial charge in [0.15, 0.2) is 0 Å². The average Bonchev–Trinajstić information content (AvgIpc) is 2.81. The zero-order valence-corrected chi connectivity index (χ0v) is 11.1. The summed E-state index contributed by atoms with van der Waals surface area (Å²) < 4.78 is 5.55. The number of aromatic nitrogens is 2. The lowest BCUT2D eigenvalue weighted by molar-refractivity contribution is 0.456. The highest BCUT2D eigenvalue weighted by Gasteiger charge is 2.14. The van der Waals surface area contributed by atoms with Crippen LogP contribution in [0.5, 0.6) is 0 Å². The van der Waals surface area contributed by atoms with Crippen LogP contribution in [0.4, 0.5) is 0 Å². The molecule has 0 unspecified atom stereocenters. The van der Waals surface area contributed by atoms with Crippen molar-refractivity contribution in [1.82, 2.24) is 10.2 Å². The average molecular weight is 248 g/mol. The molecule has 0 radical (unpaired) electrons. The van der Waals surface area contributed by atoms with Gasteiger partial charge in [-0.1, -0.05) is 24.6 Å². The summed E-state index contributed by atoms with van der Waals surface area (Å²) in [6.07, 6.45) is 0.787. The Balaban J connectivity index is 2.05.